The van der Waals surface area contributed by atoms with Crippen LogP contribution in [0.3, 0.4) is 0 Å². The summed E-state index contributed by atoms with van der Waals surface area (Å²) in [5.74, 6) is 0. The Hall–Kier alpha value is -0.780. The maximum absolute atomic E-state index is 4.39. The summed E-state index contributed by atoms with van der Waals surface area (Å²) in [5, 5.41) is 14.2. The van der Waals surface area contributed by atoms with Gasteiger partial charge in [-0.2, -0.15) is 0 Å². The second kappa shape index (κ2) is 5.69. The fourth-order valence-electron chi connectivity index (χ4n) is 2.57. The standard InChI is InChI=1S/C14H19N3S2/c1-3-10(15-2)13-16-17-14(19-13)12-8-9-6-4-5-7-11(9)18-12/h8,10,15H,3-7H2,1-2H3. The second-order valence-electron chi connectivity index (χ2n) is 4.96. The third-order valence-corrected chi connectivity index (χ3v) is 6.15. The van der Waals surface area contributed by atoms with Crippen molar-refractivity contribution in [3.63, 3.8) is 0 Å². The molecule has 3 rings (SSSR count). The van der Waals surface area contributed by atoms with E-state index in [9.17, 15) is 0 Å². The highest BCUT2D eigenvalue weighted by Gasteiger charge is 2.18. The number of nitrogens with zero attached hydrogens (tertiary/aromatic N) is 2. The summed E-state index contributed by atoms with van der Waals surface area (Å²) in [6.45, 7) is 2.17. The van der Waals surface area contributed by atoms with Crippen molar-refractivity contribution in [2.45, 2.75) is 45.1 Å². The van der Waals surface area contributed by atoms with Gasteiger partial charge in [-0.15, -0.1) is 21.5 Å². The summed E-state index contributed by atoms with van der Waals surface area (Å²) >= 11 is 3.65. The predicted molar refractivity (Wildman–Crippen MR) is 82.0 cm³/mol. The Labute approximate surface area is 122 Å². The SMILES string of the molecule is CCC(NC)c1nnc(-c2cc3c(s2)CCCC3)s1. The molecule has 102 valence electrons. The zero-order chi connectivity index (χ0) is 13.2. The van der Waals surface area contributed by atoms with Gasteiger partial charge in [0.2, 0.25) is 0 Å². The number of aryl methyl sites for hydroxylation is 2. The van der Waals surface area contributed by atoms with E-state index in [2.05, 4.69) is 28.5 Å². The van der Waals surface area contributed by atoms with Crippen LogP contribution < -0.4 is 5.32 Å². The fourth-order valence-corrected chi connectivity index (χ4v) is 4.90. The van der Waals surface area contributed by atoms with Gasteiger partial charge in [-0.25, -0.2) is 0 Å². The van der Waals surface area contributed by atoms with Crippen molar-refractivity contribution in [1.82, 2.24) is 15.5 Å². The highest BCUT2D eigenvalue weighted by atomic mass is 32.1. The Morgan fingerprint density at radius 3 is 2.84 bits per heavy atom. The van der Waals surface area contributed by atoms with Crippen LogP contribution in [0.2, 0.25) is 0 Å². The molecule has 19 heavy (non-hydrogen) atoms. The molecule has 0 amide bonds. The zero-order valence-electron chi connectivity index (χ0n) is 11.4. The molecule has 1 atom stereocenters. The van der Waals surface area contributed by atoms with Crippen molar-refractivity contribution in [2.24, 2.45) is 0 Å². The van der Waals surface area contributed by atoms with E-state index in [1.165, 1.54) is 30.6 Å². The van der Waals surface area contributed by atoms with Crippen molar-refractivity contribution >= 4 is 22.7 Å². The minimum absolute atomic E-state index is 0.334. The molecule has 1 unspecified atom stereocenters. The molecule has 0 aromatic carbocycles. The topological polar surface area (TPSA) is 37.8 Å². The molecule has 5 heteroatoms. The molecule has 0 saturated heterocycles. The van der Waals surface area contributed by atoms with E-state index in [4.69, 9.17) is 0 Å². The highest BCUT2D eigenvalue weighted by molar-refractivity contribution is 7.21. The summed E-state index contributed by atoms with van der Waals surface area (Å²) < 4.78 is 0. The van der Waals surface area contributed by atoms with Gasteiger partial charge in [-0.1, -0.05) is 18.3 Å². The van der Waals surface area contributed by atoms with Crippen LogP contribution in [-0.2, 0) is 12.8 Å². The molecule has 3 nitrogen and oxygen atoms in total. The van der Waals surface area contributed by atoms with Crippen LogP contribution in [0.5, 0.6) is 0 Å². The monoisotopic (exact) mass is 293 g/mol. The third kappa shape index (κ3) is 2.59. The fraction of sp³-hybridized carbons (Fsp3) is 0.571. The molecule has 0 spiro atoms. The Kier molecular flexibility index (Phi) is 3.96. The summed E-state index contributed by atoms with van der Waals surface area (Å²) in [5.41, 5.74) is 1.55. The van der Waals surface area contributed by atoms with Crippen LogP contribution >= 0.6 is 22.7 Å². The number of nitrogens with one attached hydrogen (secondary N) is 1. The first-order valence-electron chi connectivity index (χ1n) is 6.94. The van der Waals surface area contributed by atoms with E-state index in [1.807, 2.05) is 18.4 Å². The maximum Gasteiger partial charge on any atom is 0.157 e. The van der Waals surface area contributed by atoms with E-state index < -0.39 is 0 Å². The molecule has 2 aromatic heterocycles. The highest BCUT2D eigenvalue weighted by Crippen LogP contribution is 2.37. The lowest BCUT2D eigenvalue weighted by Crippen LogP contribution is -2.14. The van der Waals surface area contributed by atoms with Crippen molar-refractivity contribution in [2.75, 3.05) is 7.05 Å². The second-order valence-corrected chi connectivity index (χ2v) is 7.11. The van der Waals surface area contributed by atoms with E-state index in [0.717, 1.165) is 16.4 Å². The molecule has 0 saturated carbocycles. The number of hydrogen-bond acceptors (Lipinski definition) is 5. The first kappa shape index (κ1) is 13.2. The first-order chi connectivity index (χ1) is 9.31. The molecule has 2 heterocycles. The summed E-state index contributed by atoms with van der Waals surface area (Å²) in [6.07, 6.45) is 6.21. The molecule has 0 bridgehead atoms. The lowest BCUT2D eigenvalue weighted by molar-refractivity contribution is 0.568. The van der Waals surface area contributed by atoms with Gasteiger partial charge in [-0.3, -0.25) is 0 Å². The number of fused-ring (bicyclic) bond motifs is 1. The van der Waals surface area contributed by atoms with Gasteiger partial charge in [0.1, 0.15) is 5.01 Å². The van der Waals surface area contributed by atoms with E-state index >= 15 is 0 Å². The lowest BCUT2D eigenvalue weighted by atomic mass is 9.99. The molecular weight excluding hydrogens is 274 g/mol. The molecular formula is C14H19N3S2. The quantitative estimate of drug-likeness (QED) is 0.931. The lowest BCUT2D eigenvalue weighted by Gasteiger charge is -2.08. The largest absolute Gasteiger partial charge is 0.311 e. The van der Waals surface area contributed by atoms with Crippen molar-refractivity contribution in [3.8, 4) is 9.88 Å². The summed E-state index contributed by atoms with van der Waals surface area (Å²) in [4.78, 5) is 2.88. The Bertz CT molecular complexity index is 531. The van der Waals surface area contributed by atoms with Crippen LogP contribution in [0, 0.1) is 0 Å². The number of hydrogen-bond donors (Lipinski definition) is 1. The van der Waals surface area contributed by atoms with Crippen LogP contribution in [0.4, 0.5) is 0 Å². The Balaban J connectivity index is 1.88. The van der Waals surface area contributed by atoms with Gasteiger partial charge in [0, 0.05) is 4.88 Å². The van der Waals surface area contributed by atoms with E-state index in [1.54, 1.807) is 21.8 Å². The van der Waals surface area contributed by atoms with E-state index in [-0.39, 0.29) is 0 Å². The number of rotatable bonds is 4. The average Bonchev–Trinajstić information content (AvgIpc) is 3.06. The summed E-state index contributed by atoms with van der Waals surface area (Å²) in [6, 6.07) is 2.67. The minimum Gasteiger partial charge on any atom is -0.311 e. The molecule has 2 aromatic rings. The predicted octanol–water partition coefficient (Wildman–Crippen LogP) is 3.82. The first-order valence-corrected chi connectivity index (χ1v) is 8.57. The van der Waals surface area contributed by atoms with Gasteiger partial charge >= 0.3 is 0 Å². The molecule has 0 aliphatic heterocycles. The molecule has 1 aliphatic carbocycles. The van der Waals surface area contributed by atoms with Gasteiger partial charge in [-0.05, 0) is 50.8 Å². The van der Waals surface area contributed by atoms with Crippen LogP contribution in [0.15, 0.2) is 6.07 Å². The average molecular weight is 293 g/mol. The van der Waals surface area contributed by atoms with Crippen molar-refractivity contribution < 1.29 is 0 Å². The zero-order valence-corrected chi connectivity index (χ0v) is 13.0. The number of thiophene rings is 1. The van der Waals surface area contributed by atoms with Gasteiger partial charge in [0.15, 0.2) is 5.01 Å². The summed E-state index contributed by atoms with van der Waals surface area (Å²) in [7, 11) is 1.99. The normalized spacial score (nSPS) is 16.3. The van der Waals surface area contributed by atoms with Gasteiger partial charge in [0.25, 0.3) is 0 Å². The van der Waals surface area contributed by atoms with Crippen LogP contribution in [-0.4, -0.2) is 17.2 Å². The van der Waals surface area contributed by atoms with Crippen LogP contribution in [0.25, 0.3) is 9.88 Å². The Morgan fingerprint density at radius 2 is 2.11 bits per heavy atom. The third-order valence-electron chi connectivity index (χ3n) is 3.70. The smallest absolute Gasteiger partial charge is 0.157 e. The van der Waals surface area contributed by atoms with Gasteiger partial charge in [0.05, 0.1) is 10.9 Å². The maximum atomic E-state index is 4.39. The molecule has 1 N–H and O–H groups in total. The molecule has 0 radical (unpaired) electrons. The molecule has 0 fully saturated rings. The van der Waals surface area contributed by atoms with Crippen molar-refractivity contribution in [1.29, 1.82) is 0 Å². The minimum atomic E-state index is 0.334. The van der Waals surface area contributed by atoms with Crippen molar-refractivity contribution in [3.05, 3.63) is 21.5 Å². The molecule has 1 aliphatic rings. The van der Waals surface area contributed by atoms with E-state index in [0.29, 0.717) is 6.04 Å². The van der Waals surface area contributed by atoms with Crippen LogP contribution in [0.1, 0.15) is 47.7 Å². The van der Waals surface area contributed by atoms with Gasteiger partial charge < -0.3 is 5.32 Å². The number of aromatic nitrogens is 2. The Morgan fingerprint density at radius 1 is 1.26 bits per heavy atom.